The molecule has 0 saturated carbocycles. The number of benzene rings is 1. The van der Waals surface area contributed by atoms with E-state index in [2.05, 4.69) is 45.7 Å². The zero-order chi connectivity index (χ0) is 15.4. The molecule has 114 valence electrons. The maximum atomic E-state index is 11.9. The molecule has 0 bridgehead atoms. The Morgan fingerprint density at radius 2 is 2.27 bits per heavy atom. The Bertz CT molecular complexity index is 750. The molecule has 1 N–H and O–H groups in total. The molecular weight excluding hydrogens is 298 g/mol. The fourth-order valence-corrected chi connectivity index (χ4v) is 3.04. The lowest BCUT2D eigenvalue weighted by atomic mass is 10.1. The number of carbonyl (C=O) groups is 1. The van der Waals surface area contributed by atoms with Crippen LogP contribution in [0.1, 0.15) is 22.6 Å². The average molecular weight is 315 g/mol. The molecule has 22 heavy (non-hydrogen) atoms. The lowest BCUT2D eigenvalue weighted by Gasteiger charge is -2.04. The molecule has 1 aromatic carbocycles. The summed E-state index contributed by atoms with van der Waals surface area (Å²) < 4.78 is 1.65. The topological polar surface area (TPSA) is 72.2 Å². The SMILES string of the molecule is Cc1cccc(CCC(=O)NCCc2nn3cnnc3s2)c1. The number of amides is 1. The van der Waals surface area contributed by atoms with Crippen molar-refractivity contribution in [3.63, 3.8) is 0 Å². The summed E-state index contributed by atoms with van der Waals surface area (Å²) in [6, 6.07) is 8.26. The van der Waals surface area contributed by atoms with Crippen molar-refractivity contribution in [2.24, 2.45) is 0 Å². The lowest BCUT2D eigenvalue weighted by Crippen LogP contribution is -2.25. The summed E-state index contributed by atoms with van der Waals surface area (Å²) in [4.78, 5) is 12.6. The largest absolute Gasteiger partial charge is 0.356 e. The van der Waals surface area contributed by atoms with Crippen LogP contribution in [0.5, 0.6) is 0 Å². The quantitative estimate of drug-likeness (QED) is 0.752. The Hall–Kier alpha value is -2.28. The third-order valence-corrected chi connectivity index (χ3v) is 4.29. The molecule has 1 amide bonds. The van der Waals surface area contributed by atoms with Gasteiger partial charge in [0.1, 0.15) is 11.3 Å². The van der Waals surface area contributed by atoms with E-state index in [4.69, 9.17) is 0 Å². The van der Waals surface area contributed by atoms with Crippen LogP contribution in [0.2, 0.25) is 0 Å². The van der Waals surface area contributed by atoms with Crippen molar-refractivity contribution < 1.29 is 4.79 Å². The maximum Gasteiger partial charge on any atom is 0.234 e. The smallest absolute Gasteiger partial charge is 0.234 e. The van der Waals surface area contributed by atoms with Crippen LogP contribution in [-0.2, 0) is 17.6 Å². The standard InChI is InChI=1S/C15H17N5OS/c1-11-3-2-4-12(9-11)5-6-13(21)16-8-7-14-19-20-10-17-18-15(20)22-14/h2-4,9-10H,5-8H2,1H3,(H,16,21). The summed E-state index contributed by atoms with van der Waals surface area (Å²) in [5.41, 5.74) is 2.42. The van der Waals surface area contributed by atoms with Gasteiger partial charge in [0.15, 0.2) is 0 Å². The second kappa shape index (κ2) is 6.65. The molecule has 6 nitrogen and oxygen atoms in total. The molecule has 3 aromatic rings. The molecule has 2 heterocycles. The second-order valence-corrected chi connectivity index (χ2v) is 6.18. The van der Waals surface area contributed by atoms with Gasteiger partial charge >= 0.3 is 0 Å². The third-order valence-electron chi connectivity index (χ3n) is 3.31. The molecule has 3 rings (SSSR count). The Balaban J connectivity index is 1.41. The Morgan fingerprint density at radius 1 is 1.36 bits per heavy atom. The molecule has 0 fully saturated rings. The van der Waals surface area contributed by atoms with Gasteiger partial charge in [0.25, 0.3) is 0 Å². The van der Waals surface area contributed by atoms with Gasteiger partial charge in [-0.15, -0.1) is 10.2 Å². The average Bonchev–Trinajstić information content (AvgIpc) is 3.06. The van der Waals surface area contributed by atoms with Crippen LogP contribution in [0, 0.1) is 6.92 Å². The second-order valence-electron chi connectivity index (χ2n) is 5.14. The minimum atomic E-state index is 0.0736. The van der Waals surface area contributed by atoms with Gasteiger partial charge in [-0.3, -0.25) is 4.79 Å². The minimum Gasteiger partial charge on any atom is -0.356 e. The van der Waals surface area contributed by atoms with Crippen molar-refractivity contribution in [2.75, 3.05) is 6.54 Å². The first-order chi connectivity index (χ1) is 10.7. The van der Waals surface area contributed by atoms with Crippen LogP contribution >= 0.6 is 11.3 Å². The third kappa shape index (κ3) is 3.67. The molecule has 0 radical (unpaired) electrons. The number of aryl methyl sites for hydroxylation is 2. The summed E-state index contributed by atoms with van der Waals surface area (Å²) in [6.45, 7) is 2.65. The number of aromatic nitrogens is 4. The van der Waals surface area contributed by atoms with Crippen molar-refractivity contribution in [1.29, 1.82) is 0 Å². The maximum absolute atomic E-state index is 11.9. The van der Waals surface area contributed by atoms with E-state index in [1.807, 2.05) is 6.07 Å². The van der Waals surface area contributed by atoms with Crippen LogP contribution in [0.4, 0.5) is 0 Å². The van der Waals surface area contributed by atoms with Crippen molar-refractivity contribution in [3.05, 3.63) is 46.7 Å². The van der Waals surface area contributed by atoms with E-state index < -0.39 is 0 Å². The van der Waals surface area contributed by atoms with Gasteiger partial charge in [-0.1, -0.05) is 41.2 Å². The molecule has 7 heteroatoms. The number of hydrogen-bond acceptors (Lipinski definition) is 5. The highest BCUT2D eigenvalue weighted by molar-refractivity contribution is 7.16. The zero-order valence-corrected chi connectivity index (χ0v) is 13.1. The number of nitrogens with one attached hydrogen (secondary N) is 1. The van der Waals surface area contributed by atoms with Crippen LogP contribution in [0.15, 0.2) is 30.6 Å². The molecule has 0 unspecified atom stereocenters. The van der Waals surface area contributed by atoms with Gasteiger partial charge in [0.2, 0.25) is 10.9 Å². The van der Waals surface area contributed by atoms with Crippen molar-refractivity contribution in [1.82, 2.24) is 25.1 Å². The molecular formula is C15H17N5OS. The van der Waals surface area contributed by atoms with Crippen LogP contribution in [0.3, 0.4) is 0 Å². The lowest BCUT2D eigenvalue weighted by molar-refractivity contribution is -0.121. The number of carbonyl (C=O) groups excluding carboxylic acids is 1. The first-order valence-corrected chi connectivity index (χ1v) is 8.00. The normalized spacial score (nSPS) is 11.0. The molecule has 0 saturated heterocycles. The predicted molar refractivity (Wildman–Crippen MR) is 84.9 cm³/mol. The first kappa shape index (κ1) is 14.6. The highest BCUT2D eigenvalue weighted by atomic mass is 32.1. The highest BCUT2D eigenvalue weighted by Crippen LogP contribution is 2.11. The summed E-state index contributed by atoms with van der Waals surface area (Å²) in [6.07, 6.45) is 3.57. The molecule has 0 spiro atoms. The molecule has 0 aliphatic rings. The number of hydrogen-bond donors (Lipinski definition) is 1. The Morgan fingerprint density at radius 3 is 3.09 bits per heavy atom. The van der Waals surface area contributed by atoms with Crippen molar-refractivity contribution in [2.45, 2.75) is 26.2 Å². The van der Waals surface area contributed by atoms with Crippen molar-refractivity contribution in [3.8, 4) is 0 Å². The van der Waals surface area contributed by atoms with Crippen LogP contribution in [-0.4, -0.2) is 32.3 Å². The molecule has 0 aliphatic carbocycles. The van der Waals surface area contributed by atoms with Crippen LogP contribution in [0.25, 0.3) is 4.96 Å². The summed E-state index contributed by atoms with van der Waals surface area (Å²) in [5.74, 6) is 0.0736. The summed E-state index contributed by atoms with van der Waals surface area (Å²) >= 11 is 1.49. The van der Waals surface area contributed by atoms with Gasteiger partial charge in [-0.25, -0.2) is 0 Å². The van der Waals surface area contributed by atoms with Gasteiger partial charge in [-0.2, -0.15) is 9.61 Å². The molecule has 0 atom stereocenters. The predicted octanol–water partition coefficient (Wildman–Crippen LogP) is 1.79. The summed E-state index contributed by atoms with van der Waals surface area (Å²) in [7, 11) is 0. The van der Waals surface area contributed by atoms with Gasteiger partial charge in [0.05, 0.1) is 0 Å². The first-order valence-electron chi connectivity index (χ1n) is 7.19. The number of fused-ring (bicyclic) bond motifs is 1. The Kier molecular flexibility index (Phi) is 4.43. The fourth-order valence-electron chi connectivity index (χ4n) is 2.22. The Labute approximate surface area is 132 Å². The van der Waals surface area contributed by atoms with E-state index in [1.165, 1.54) is 22.5 Å². The monoisotopic (exact) mass is 315 g/mol. The van der Waals surface area contributed by atoms with Gasteiger partial charge < -0.3 is 5.32 Å². The summed E-state index contributed by atoms with van der Waals surface area (Å²) in [5, 5.41) is 15.9. The number of nitrogens with zero attached hydrogens (tertiary/aromatic N) is 4. The van der Waals surface area contributed by atoms with Crippen molar-refractivity contribution >= 4 is 22.2 Å². The van der Waals surface area contributed by atoms with E-state index >= 15 is 0 Å². The van der Waals surface area contributed by atoms with E-state index in [1.54, 1.807) is 10.8 Å². The molecule has 2 aromatic heterocycles. The van der Waals surface area contributed by atoms with E-state index in [9.17, 15) is 4.79 Å². The van der Waals surface area contributed by atoms with E-state index in [0.717, 1.165) is 16.4 Å². The molecule has 0 aliphatic heterocycles. The fraction of sp³-hybridized carbons (Fsp3) is 0.333. The van der Waals surface area contributed by atoms with E-state index in [-0.39, 0.29) is 5.91 Å². The van der Waals surface area contributed by atoms with E-state index in [0.29, 0.717) is 19.4 Å². The number of rotatable bonds is 6. The van der Waals surface area contributed by atoms with Gasteiger partial charge in [-0.05, 0) is 18.9 Å². The van der Waals surface area contributed by atoms with Gasteiger partial charge in [0, 0.05) is 19.4 Å². The highest BCUT2D eigenvalue weighted by Gasteiger charge is 2.06. The zero-order valence-electron chi connectivity index (χ0n) is 12.3. The van der Waals surface area contributed by atoms with Crippen LogP contribution < -0.4 is 5.32 Å². The minimum absolute atomic E-state index is 0.0736.